The summed E-state index contributed by atoms with van der Waals surface area (Å²) in [5.74, 6) is 1.29. The van der Waals surface area contributed by atoms with Crippen molar-refractivity contribution in [2.45, 2.75) is 19.4 Å². The Morgan fingerprint density at radius 2 is 2.14 bits per heavy atom. The van der Waals surface area contributed by atoms with Crippen molar-refractivity contribution < 1.29 is 14.6 Å². The SMILES string of the molecule is Cc1nn(C)c(Cl)c1CC(O)c1cccc2c1OCCO2. The lowest BCUT2D eigenvalue weighted by Gasteiger charge is -2.23. The first-order valence-corrected chi connectivity index (χ1v) is 7.20. The van der Waals surface area contributed by atoms with E-state index in [-0.39, 0.29) is 0 Å². The van der Waals surface area contributed by atoms with Crippen molar-refractivity contribution in [2.75, 3.05) is 13.2 Å². The summed E-state index contributed by atoms with van der Waals surface area (Å²) in [5, 5.41) is 15.4. The lowest BCUT2D eigenvalue weighted by molar-refractivity contribution is 0.146. The van der Waals surface area contributed by atoms with E-state index in [9.17, 15) is 5.11 Å². The summed E-state index contributed by atoms with van der Waals surface area (Å²) in [7, 11) is 1.78. The van der Waals surface area contributed by atoms with Gasteiger partial charge in [0, 0.05) is 24.6 Å². The largest absolute Gasteiger partial charge is 0.486 e. The number of aliphatic hydroxyl groups is 1. The van der Waals surface area contributed by atoms with Crippen molar-refractivity contribution in [1.82, 2.24) is 9.78 Å². The summed E-state index contributed by atoms with van der Waals surface area (Å²) in [5.41, 5.74) is 2.39. The van der Waals surface area contributed by atoms with E-state index in [1.165, 1.54) is 0 Å². The Morgan fingerprint density at radius 3 is 2.86 bits per heavy atom. The highest BCUT2D eigenvalue weighted by Crippen LogP contribution is 2.38. The molecule has 2 heterocycles. The number of aryl methyl sites for hydroxylation is 2. The summed E-state index contributed by atoms with van der Waals surface area (Å²) in [6, 6.07) is 5.54. The Hall–Kier alpha value is -1.72. The molecule has 3 rings (SSSR count). The van der Waals surface area contributed by atoms with Gasteiger partial charge < -0.3 is 14.6 Å². The Bertz CT molecular complexity index is 669. The molecule has 0 fully saturated rings. The van der Waals surface area contributed by atoms with Gasteiger partial charge in [0.05, 0.1) is 11.8 Å². The fourth-order valence-electron chi connectivity index (χ4n) is 2.57. The minimum Gasteiger partial charge on any atom is -0.486 e. The van der Waals surface area contributed by atoms with Gasteiger partial charge >= 0.3 is 0 Å². The number of fused-ring (bicyclic) bond motifs is 1. The molecule has 0 spiro atoms. The van der Waals surface area contributed by atoms with E-state index in [2.05, 4.69) is 5.10 Å². The number of rotatable bonds is 3. The van der Waals surface area contributed by atoms with E-state index in [0.29, 0.717) is 41.9 Å². The van der Waals surface area contributed by atoms with Crippen LogP contribution in [0.3, 0.4) is 0 Å². The maximum absolute atomic E-state index is 10.6. The van der Waals surface area contributed by atoms with Crippen LogP contribution in [-0.4, -0.2) is 28.1 Å². The van der Waals surface area contributed by atoms with Crippen molar-refractivity contribution in [3.05, 3.63) is 40.2 Å². The summed E-state index contributed by atoms with van der Waals surface area (Å²) < 4.78 is 12.8. The minimum atomic E-state index is -0.720. The molecule has 5 nitrogen and oxygen atoms in total. The average Bonchev–Trinajstić information content (AvgIpc) is 2.73. The maximum atomic E-state index is 10.6. The van der Waals surface area contributed by atoms with Crippen LogP contribution < -0.4 is 9.47 Å². The van der Waals surface area contributed by atoms with Crippen LogP contribution in [0, 0.1) is 6.92 Å². The lowest BCUT2D eigenvalue weighted by atomic mass is 10.0. The molecule has 1 aliphatic rings. The molecule has 1 aromatic carbocycles. The predicted molar refractivity (Wildman–Crippen MR) is 79.1 cm³/mol. The van der Waals surface area contributed by atoms with Gasteiger partial charge in [-0.1, -0.05) is 23.7 Å². The number of aliphatic hydroxyl groups excluding tert-OH is 1. The standard InChI is InChI=1S/C15H17ClN2O3/c1-9-11(15(16)18(2)17-9)8-12(19)10-4-3-5-13-14(10)21-7-6-20-13/h3-5,12,19H,6-8H2,1-2H3. The first kappa shape index (κ1) is 14.2. The Labute approximate surface area is 128 Å². The third-order valence-corrected chi connectivity index (χ3v) is 4.10. The number of nitrogens with zero attached hydrogens (tertiary/aromatic N) is 2. The summed E-state index contributed by atoms with van der Waals surface area (Å²) in [6.07, 6.45) is -0.333. The van der Waals surface area contributed by atoms with Crippen molar-refractivity contribution >= 4 is 11.6 Å². The van der Waals surface area contributed by atoms with Gasteiger partial charge in [-0.3, -0.25) is 4.68 Å². The molecule has 1 aromatic heterocycles. The molecule has 0 saturated carbocycles. The lowest BCUT2D eigenvalue weighted by Crippen LogP contribution is -2.17. The number of hydrogen-bond donors (Lipinski definition) is 1. The van der Waals surface area contributed by atoms with Gasteiger partial charge in [0.2, 0.25) is 0 Å². The van der Waals surface area contributed by atoms with Gasteiger partial charge in [-0.2, -0.15) is 5.10 Å². The van der Waals surface area contributed by atoms with E-state index < -0.39 is 6.10 Å². The second kappa shape index (κ2) is 5.58. The van der Waals surface area contributed by atoms with Gasteiger partial charge in [0.1, 0.15) is 18.4 Å². The van der Waals surface area contributed by atoms with Crippen LogP contribution in [0.15, 0.2) is 18.2 Å². The molecule has 2 aromatic rings. The topological polar surface area (TPSA) is 56.5 Å². The van der Waals surface area contributed by atoms with Crippen molar-refractivity contribution in [3.63, 3.8) is 0 Å². The van der Waals surface area contributed by atoms with Gasteiger partial charge in [0.25, 0.3) is 0 Å². The zero-order chi connectivity index (χ0) is 15.0. The Morgan fingerprint density at radius 1 is 1.38 bits per heavy atom. The number of para-hydroxylation sites is 1. The highest BCUT2D eigenvalue weighted by atomic mass is 35.5. The van der Waals surface area contributed by atoms with E-state index in [4.69, 9.17) is 21.1 Å². The van der Waals surface area contributed by atoms with Gasteiger partial charge in [-0.25, -0.2) is 0 Å². The van der Waals surface area contributed by atoms with Gasteiger partial charge in [-0.15, -0.1) is 0 Å². The second-order valence-corrected chi connectivity index (χ2v) is 5.43. The minimum absolute atomic E-state index is 0.387. The molecular weight excluding hydrogens is 292 g/mol. The van der Waals surface area contributed by atoms with Crippen LogP contribution in [0.4, 0.5) is 0 Å². The fraction of sp³-hybridized carbons (Fsp3) is 0.400. The smallest absolute Gasteiger partial charge is 0.167 e. The maximum Gasteiger partial charge on any atom is 0.167 e. The molecule has 1 unspecified atom stereocenters. The number of halogens is 1. The Balaban J connectivity index is 1.91. The molecule has 1 N–H and O–H groups in total. The zero-order valence-corrected chi connectivity index (χ0v) is 12.7. The number of benzene rings is 1. The van der Waals surface area contributed by atoms with Crippen molar-refractivity contribution in [1.29, 1.82) is 0 Å². The average molecular weight is 309 g/mol. The van der Waals surface area contributed by atoms with Crippen LogP contribution in [0.25, 0.3) is 0 Å². The number of hydrogen-bond acceptors (Lipinski definition) is 4. The third kappa shape index (κ3) is 2.59. The van der Waals surface area contributed by atoms with Gasteiger partial charge in [-0.05, 0) is 13.0 Å². The Kier molecular flexibility index (Phi) is 3.78. The molecule has 0 saturated heterocycles. The number of aromatic nitrogens is 2. The first-order chi connectivity index (χ1) is 10.1. The molecule has 1 aliphatic heterocycles. The first-order valence-electron chi connectivity index (χ1n) is 6.82. The van der Waals surface area contributed by atoms with Crippen LogP contribution in [0.5, 0.6) is 11.5 Å². The van der Waals surface area contributed by atoms with E-state index in [1.54, 1.807) is 11.7 Å². The van der Waals surface area contributed by atoms with Crippen LogP contribution in [-0.2, 0) is 13.5 Å². The molecule has 0 amide bonds. The quantitative estimate of drug-likeness (QED) is 0.946. The van der Waals surface area contributed by atoms with E-state index in [0.717, 1.165) is 11.3 Å². The second-order valence-electron chi connectivity index (χ2n) is 5.07. The molecule has 0 bridgehead atoms. The molecule has 112 valence electrons. The summed E-state index contributed by atoms with van der Waals surface area (Å²) in [6.45, 7) is 2.90. The zero-order valence-electron chi connectivity index (χ0n) is 12.0. The highest BCUT2D eigenvalue weighted by Gasteiger charge is 2.23. The molecule has 1 atom stereocenters. The normalized spacial score (nSPS) is 15.0. The third-order valence-electron chi connectivity index (χ3n) is 3.62. The highest BCUT2D eigenvalue weighted by molar-refractivity contribution is 6.30. The summed E-state index contributed by atoms with van der Waals surface area (Å²) >= 11 is 6.22. The summed E-state index contributed by atoms with van der Waals surface area (Å²) in [4.78, 5) is 0. The fourth-order valence-corrected chi connectivity index (χ4v) is 2.82. The molecular formula is C15H17ClN2O3. The monoisotopic (exact) mass is 308 g/mol. The van der Waals surface area contributed by atoms with Crippen molar-refractivity contribution in [3.8, 4) is 11.5 Å². The van der Waals surface area contributed by atoms with Gasteiger partial charge in [0.15, 0.2) is 11.5 Å². The molecule has 0 radical (unpaired) electrons. The molecule has 6 heteroatoms. The molecule has 0 aliphatic carbocycles. The van der Waals surface area contributed by atoms with Crippen LogP contribution in [0.2, 0.25) is 5.15 Å². The van der Waals surface area contributed by atoms with Crippen molar-refractivity contribution in [2.24, 2.45) is 7.05 Å². The predicted octanol–water partition coefficient (Wildman–Crippen LogP) is 2.43. The van der Waals surface area contributed by atoms with Crippen LogP contribution >= 0.6 is 11.6 Å². The number of ether oxygens (including phenoxy) is 2. The molecule has 21 heavy (non-hydrogen) atoms. The van der Waals surface area contributed by atoms with E-state index in [1.807, 2.05) is 25.1 Å². The van der Waals surface area contributed by atoms with Crippen LogP contribution in [0.1, 0.15) is 22.9 Å². The van der Waals surface area contributed by atoms with E-state index >= 15 is 0 Å².